The van der Waals surface area contributed by atoms with Crippen molar-refractivity contribution in [2.75, 3.05) is 0 Å². The van der Waals surface area contributed by atoms with Gasteiger partial charge < -0.3 is 10.1 Å². The van der Waals surface area contributed by atoms with Crippen molar-refractivity contribution >= 4 is 5.97 Å². The Morgan fingerprint density at radius 2 is 1.68 bits per heavy atom. The van der Waals surface area contributed by atoms with Crippen molar-refractivity contribution in [1.82, 2.24) is 4.98 Å². The van der Waals surface area contributed by atoms with Crippen LogP contribution in [0.1, 0.15) is 21.6 Å². The summed E-state index contributed by atoms with van der Waals surface area (Å²) in [6, 6.07) is 18.0. The molecule has 0 fully saturated rings. The normalized spacial score (nSPS) is 12.5. The van der Waals surface area contributed by atoms with Crippen molar-refractivity contribution in [2.24, 2.45) is 0 Å². The second-order valence-corrected chi connectivity index (χ2v) is 5.56. The SMILES string of the molecule is O=C(O)c1[nH]c2c(c1-c1ccccc1)CCc1ccccc1-2. The van der Waals surface area contributed by atoms with Gasteiger partial charge in [-0.05, 0) is 29.5 Å². The van der Waals surface area contributed by atoms with Crippen LogP contribution in [-0.4, -0.2) is 16.1 Å². The Labute approximate surface area is 128 Å². The quantitative estimate of drug-likeness (QED) is 0.744. The van der Waals surface area contributed by atoms with Crippen molar-refractivity contribution in [1.29, 1.82) is 0 Å². The van der Waals surface area contributed by atoms with Crippen LogP contribution in [-0.2, 0) is 12.8 Å². The van der Waals surface area contributed by atoms with E-state index in [2.05, 4.69) is 17.1 Å². The molecule has 0 atom stereocenters. The Morgan fingerprint density at radius 3 is 2.45 bits per heavy atom. The van der Waals surface area contributed by atoms with Gasteiger partial charge in [0.25, 0.3) is 0 Å². The Balaban J connectivity index is 2.01. The predicted octanol–water partition coefficient (Wildman–Crippen LogP) is 4.15. The molecule has 0 aliphatic heterocycles. The summed E-state index contributed by atoms with van der Waals surface area (Å²) in [6.45, 7) is 0. The molecule has 2 aromatic carbocycles. The van der Waals surface area contributed by atoms with Crippen LogP contribution in [0.3, 0.4) is 0 Å². The van der Waals surface area contributed by atoms with E-state index >= 15 is 0 Å². The molecular weight excluding hydrogens is 274 g/mol. The first-order valence-corrected chi connectivity index (χ1v) is 7.37. The van der Waals surface area contributed by atoms with Crippen LogP contribution in [0.15, 0.2) is 54.6 Å². The minimum atomic E-state index is -0.911. The maximum Gasteiger partial charge on any atom is 0.352 e. The number of aryl methyl sites for hydroxylation is 1. The number of H-pyrrole nitrogens is 1. The second kappa shape index (κ2) is 4.88. The Hall–Kier alpha value is -2.81. The van der Waals surface area contributed by atoms with E-state index in [9.17, 15) is 9.90 Å². The zero-order chi connectivity index (χ0) is 15.1. The minimum absolute atomic E-state index is 0.285. The first-order chi connectivity index (χ1) is 10.8. The fraction of sp³-hybridized carbons (Fsp3) is 0.105. The summed E-state index contributed by atoms with van der Waals surface area (Å²) < 4.78 is 0. The van der Waals surface area contributed by atoms with Crippen molar-refractivity contribution in [3.8, 4) is 22.4 Å². The number of nitrogens with one attached hydrogen (secondary N) is 1. The molecule has 0 radical (unpaired) electrons. The molecule has 1 aliphatic carbocycles. The summed E-state index contributed by atoms with van der Waals surface area (Å²) in [4.78, 5) is 14.9. The van der Waals surface area contributed by atoms with Gasteiger partial charge in [0.15, 0.2) is 0 Å². The third kappa shape index (κ3) is 1.86. The molecule has 1 heterocycles. The highest BCUT2D eigenvalue weighted by Gasteiger charge is 2.26. The molecule has 2 N–H and O–H groups in total. The molecule has 0 bridgehead atoms. The van der Waals surface area contributed by atoms with Gasteiger partial charge >= 0.3 is 5.97 Å². The Bertz CT molecular complexity index is 862. The summed E-state index contributed by atoms with van der Waals surface area (Å²) in [5, 5.41) is 9.59. The molecule has 0 saturated heterocycles. The largest absolute Gasteiger partial charge is 0.477 e. The molecule has 108 valence electrons. The van der Waals surface area contributed by atoms with Gasteiger partial charge in [-0.15, -0.1) is 0 Å². The standard InChI is InChI=1S/C19H15NO2/c21-19(22)18-16(13-7-2-1-3-8-13)15-11-10-12-6-4-5-9-14(12)17(15)20-18/h1-9,20H,10-11H2,(H,21,22). The highest BCUT2D eigenvalue weighted by Crippen LogP contribution is 2.40. The van der Waals surface area contributed by atoms with Crippen LogP contribution in [0.2, 0.25) is 0 Å². The maximum absolute atomic E-state index is 11.7. The number of carboxylic acids is 1. The summed E-state index contributed by atoms with van der Waals surface area (Å²) in [7, 11) is 0. The van der Waals surface area contributed by atoms with Crippen LogP contribution in [0.4, 0.5) is 0 Å². The molecule has 4 rings (SSSR count). The second-order valence-electron chi connectivity index (χ2n) is 5.56. The minimum Gasteiger partial charge on any atom is -0.477 e. The van der Waals surface area contributed by atoms with E-state index in [0.29, 0.717) is 0 Å². The summed E-state index contributed by atoms with van der Waals surface area (Å²) in [5.74, 6) is -0.911. The zero-order valence-electron chi connectivity index (χ0n) is 12.0. The van der Waals surface area contributed by atoms with Crippen LogP contribution in [0, 0.1) is 0 Å². The van der Waals surface area contributed by atoms with E-state index < -0.39 is 5.97 Å². The third-order valence-corrected chi connectivity index (χ3v) is 4.31. The number of carboxylic acid groups (broad SMARTS) is 1. The van der Waals surface area contributed by atoms with Crippen LogP contribution in [0.25, 0.3) is 22.4 Å². The molecule has 0 unspecified atom stereocenters. The number of aromatic carboxylic acids is 1. The molecule has 1 aromatic heterocycles. The van der Waals surface area contributed by atoms with Crippen molar-refractivity contribution < 1.29 is 9.90 Å². The van der Waals surface area contributed by atoms with Crippen molar-refractivity contribution in [2.45, 2.75) is 12.8 Å². The van der Waals surface area contributed by atoms with Crippen LogP contribution < -0.4 is 0 Å². The summed E-state index contributed by atoms with van der Waals surface area (Å²) in [5.41, 5.74) is 6.53. The van der Waals surface area contributed by atoms with E-state index in [-0.39, 0.29) is 5.69 Å². The predicted molar refractivity (Wildman–Crippen MR) is 86.0 cm³/mol. The molecule has 3 heteroatoms. The third-order valence-electron chi connectivity index (χ3n) is 4.31. The fourth-order valence-corrected chi connectivity index (χ4v) is 3.34. The molecule has 0 spiro atoms. The van der Waals surface area contributed by atoms with E-state index in [1.807, 2.05) is 42.5 Å². The highest BCUT2D eigenvalue weighted by molar-refractivity contribution is 5.98. The molecular formula is C19H15NO2. The molecule has 3 nitrogen and oxygen atoms in total. The van der Waals surface area contributed by atoms with Gasteiger partial charge in [0.05, 0.1) is 5.69 Å². The number of benzene rings is 2. The van der Waals surface area contributed by atoms with Gasteiger partial charge in [0, 0.05) is 11.1 Å². The number of aromatic amines is 1. The maximum atomic E-state index is 11.7. The first-order valence-electron chi connectivity index (χ1n) is 7.37. The molecule has 22 heavy (non-hydrogen) atoms. The van der Waals surface area contributed by atoms with E-state index in [0.717, 1.165) is 40.8 Å². The number of hydrogen-bond acceptors (Lipinski definition) is 1. The number of rotatable bonds is 2. The zero-order valence-corrected chi connectivity index (χ0v) is 12.0. The average molecular weight is 289 g/mol. The average Bonchev–Trinajstić information content (AvgIpc) is 2.96. The van der Waals surface area contributed by atoms with Crippen molar-refractivity contribution in [3.63, 3.8) is 0 Å². The molecule has 1 aliphatic rings. The number of hydrogen-bond donors (Lipinski definition) is 2. The lowest BCUT2D eigenvalue weighted by atomic mass is 9.87. The van der Waals surface area contributed by atoms with Crippen LogP contribution in [0.5, 0.6) is 0 Å². The number of aromatic nitrogens is 1. The van der Waals surface area contributed by atoms with Gasteiger partial charge in [-0.3, -0.25) is 0 Å². The molecule has 0 amide bonds. The molecule has 3 aromatic rings. The van der Waals surface area contributed by atoms with Gasteiger partial charge in [0.2, 0.25) is 0 Å². The van der Waals surface area contributed by atoms with E-state index in [4.69, 9.17) is 0 Å². The smallest absolute Gasteiger partial charge is 0.352 e. The lowest BCUT2D eigenvalue weighted by Crippen LogP contribution is -2.03. The lowest BCUT2D eigenvalue weighted by molar-refractivity contribution is 0.0692. The number of fused-ring (bicyclic) bond motifs is 3. The van der Waals surface area contributed by atoms with Crippen LogP contribution >= 0.6 is 0 Å². The molecule has 0 saturated carbocycles. The topological polar surface area (TPSA) is 53.1 Å². The van der Waals surface area contributed by atoms with Gasteiger partial charge in [-0.25, -0.2) is 4.79 Å². The van der Waals surface area contributed by atoms with Gasteiger partial charge in [-0.1, -0.05) is 54.6 Å². The van der Waals surface area contributed by atoms with Gasteiger partial charge in [-0.2, -0.15) is 0 Å². The first kappa shape index (κ1) is 12.9. The highest BCUT2D eigenvalue weighted by atomic mass is 16.4. The fourth-order valence-electron chi connectivity index (χ4n) is 3.34. The number of carbonyl (C=O) groups is 1. The van der Waals surface area contributed by atoms with E-state index in [1.165, 1.54) is 5.56 Å². The van der Waals surface area contributed by atoms with Crippen molar-refractivity contribution in [3.05, 3.63) is 71.4 Å². The monoisotopic (exact) mass is 289 g/mol. The summed E-state index contributed by atoms with van der Waals surface area (Å²) in [6.07, 6.45) is 1.81. The Kier molecular flexibility index (Phi) is 2.86. The van der Waals surface area contributed by atoms with E-state index in [1.54, 1.807) is 0 Å². The van der Waals surface area contributed by atoms with Gasteiger partial charge in [0.1, 0.15) is 5.69 Å². The summed E-state index contributed by atoms with van der Waals surface area (Å²) >= 11 is 0. The Morgan fingerprint density at radius 1 is 0.955 bits per heavy atom. The lowest BCUT2D eigenvalue weighted by Gasteiger charge is -2.17.